The molecule has 1 unspecified atom stereocenters. The first-order valence-electron chi connectivity index (χ1n) is 14.0. The normalized spacial score (nSPS) is 20.1. The van der Waals surface area contributed by atoms with Gasteiger partial charge >= 0.3 is 51.4 Å². The summed E-state index contributed by atoms with van der Waals surface area (Å²) in [6.45, 7) is 5.88. The number of hydrogen-bond acceptors (Lipinski definition) is 6. The molecule has 6 nitrogen and oxygen atoms in total. The predicted molar refractivity (Wildman–Crippen MR) is 143 cm³/mol. The molecule has 4 heterocycles. The van der Waals surface area contributed by atoms with Crippen LogP contribution in [0.15, 0.2) is 30.3 Å². The van der Waals surface area contributed by atoms with Crippen LogP contribution in [-0.2, 0) is 37.2 Å². The van der Waals surface area contributed by atoms with Crippen molar-refractivity contribution in [3.63, 3.8) is 0 Å². The molecule has 1 aromatic carbocycles. The van der Waals surface area contributed by atoms with Gasteiger partial charge in [0.05, 0.1) is 12.7 Å². The first kappa shape index (κ1) is 31.2. The van der Waals surface area contributed by atoms with Gasteiger partial charge in [-0.15, -0.1) is 0 Å². The van der Waals surface area contributed by atoms with E-state index in [1.54, 1.807) is 11.1 Å². The molecule has 1 aromatic heterocycles. The SMILES string of the molecule is C[O-].OCCCCc1ccc2c(n1)NCCC2.[K+].c1cc2c(c(CN3CCCC3)c1)CC(C1CC1)OC2. The molecule has 4 aliphatic rings. The van der Waals surface area contributed by atoms with E-state index >= 15 is 0 Å². The van der Waals surface area contributed by atoms with E-state index in [1.807, 2.05) is 0 Å². The molecule has 0 spiro atoms. The Morgan fingerprint density at radius 1 is 1.05 bits per heavy atom. The number of fused-ring (bicyclic) bond motifs is 2. The fraction of sp³-hybridized carbons (Fsp3) is 0.633. The van der Waals surface area contributed by atoms with E-state index in [9.17, 15) is 0 Å². The number of aliphatic hydroxyl groups excluding tert-OH is 1. The zero-order valence-corrected chi connectivity index (χ0v) is 26.1. The van der Waals surface area contributed by atoms with Gasteiger partial charge < -0.3 is 20.3 Å². The van der Waals surface area contributed by atoms with Gasteiger partial charge in [-0.25, -0.2) is 4.98 Å². The van der Waals surface area contributed by atoms with E-state index in [0.717, 1.165) is 76.3 Å². The zero-order valence-electron chi connectivity index (χ0n) is 23.0. The zero-order chi connectivity index (χ0) is 25.2. The molecule has 1 atom stereocenters. The van der Waals surface area contributed by atoms with Crippen LogP contribution >= 0.6 is 0 Å². The summed E-state index contributed by atoms with van der Waals surface area (Å²) in [7, 11) is 0.750. The number of aryl methyl sites for hydroxylation is 2. The molecule has 2 fully saturated rings. The topological polar surface area (TPSA) is 80.7 Å². The molecule has 3 aliphatic heterocycles. The van der Waals surface area contributed by atoms with Gasteiger partial charge in [-0.2, -0.15) is 7.11 Å². The Morgan fingerprint density at radius 3 is 2.62 bits per heavy atom. The van der Waals surface area contributed by atoms with Gasteiger partial charge in [0, 0.05) is 25.4 Å². The minimum Gasteiger partial charge on any atom is -0.857 e. The summed E-state index contributed by atoms with van der Waals surface area (Å²) in [6.07, 6.45) is 12.4. The average Bonchev–Trinajstić information content (AvgIpc) is 3.66. The van der Waals surface area contributed by atoms with Crippen LogP contribution in [0.5, 0.6) is 0 Å². The third-order valence-electron chi connectivity index (χ3n) is 7.76. The number of nitrogens with one attached hydrogen (secondary N) is 1. The largest absolute Gasteiger partial charge is 1.00 e. The standard InChI is InChI=1S/C17H23NO.C12H18N2O.CH3O.K/c1-2-9-18(8-1)11-14-4-3-5-15-12-19-17(10-16(14)15)13-6-7-13;15-9-2-1-5-11-7-6-10-4-3-8-13-12(10)14-11;1-2;/h3-5,13,17H,1-2,6-12H2;6-7,15H,1-5,8-9H2,(H,13,14);1H3;/q;;-1;+1. The Morgan fingerprint density at radius 2 is 1.86 bits per heavy atom. The molecule has 0 bridgehead atoms. The molecular formula is C30H44KN3O3. The van der Waals surface area contributed by atoms with Gasteiger partial charge in [-0.05, 0) is 112 Å². The second kappa shape index (κ2) is 16.7. The summed E-state index contributed by atoms with van der Waals surface area (Å²) in [5, 5.41) is 20.3. The summed E-state index contributed by atoms with van der Waals surface area (Å²) < 4.78 is 6.04. The Balaban J connectivity index is 0.000000193. The molecule has 198 valence electrons. The molecule has 37 heavy (non-hydrogen) atoms. The maximum absolute atomic E-state index is 8.70. The van der Waals surface area contributed by atoms with Crippen molar-refractivity contribution in [2.24, 2.45) is 5.92 Å². The number of pyridine rings is 1. The third-order valence-corrected chi connectivity index (χ3v) is 7.76. The molecule has 1 saturated carbocycles. The number of aliphatic hydroxyl groups is 1. The van der Waals surface area contributed by atoms with E-state index in [-0.39, 0.29) is 58.0 Å². The number of benzene rings is 1. The maximum Gasteiger partial charge on any atom is 1.00 e. The number of rotatable bonds is 7. The molecule has 1 saturated heterocycles. The van der Waals surface area contributed by atoms with Gasteiger partial charge in [-0.3, -0.25) is 4.90 Å². The summed E-state index contributed by atoms with van der Waals surface area (Å²) in [5.41, 5.74) is 7.09. The Bertz CT molecular complexity index is 948. The molecule has 0 radical (unpaired) electrons. The van der Waals surface area contributed by atoms with E-state index in [4.69, 9.17) is 14.9 Å². The van der Waals surface area contributed by atoms with Crippen LogP contribution in [0.2, 0.25) is 0 Å². The molecule has 0 amide bonds. The van der Waals surface area contributed by atoms with Crippen LogP contribution in [0, 0.1) is 5.92 Å². The van der Waals surface area contributed by atoms with Crippen molar-refractivity contribution in [1.29, 1.82) is 0 Å². The number of hydrogen-bond donors (Lipinski definition) is 2. The van der Waals surface area contributed by atoms with Crippen LogP contribution in [0.3, 0.4) is 0 Å². The molecular weight excluding hydrogens is 489 g/mol. The Hall–Kier alpha value is -0.354. The van der Waals surface area contributed by atoms with Crippen LogP contribution < -0.4 is 61.8 Å². The fourth-order valence-electron chi connectivity index (χ4n) is 5.57. The smallest absolute Gasteiger partial charge is 0.857 e. The monoisotopic (exact) mass is 533 g/mol. The number of nitrogens with zero attached hydrogens (tertiary/aromatic N) is 2. The predicted octanol–water partition coefficient (Wildman–Crippen LogP) is 0.869. The minimum atomic E-state index is 0. The quantitative estimate of drug-likeness (QED) is 0.406. The van der Waals surface area contributed by atoms with Crippen molar-refractivity contribution in [1.82, 2.24) is 9.88 Å². The molecule has 2 N–H and O–H groups in total. The van der Waals surface area contributed by atoms with Gasteiger partial charge in [0.2, 0.25) is 0 Å². The molecule has 7 heteroatoms. The van der Waals surface area contributed by atoms with Crippen molar-refractivity contribution in [2.45, 2.75) is 83.5 Å². The van der Waals surface area contributed by atoms with E-state index < -0.39 is 0 Å². The van der Waals surface area contributed by atoms with E-state index in [2.05, 4.69) is 45.5 Å². The number of anilines is 1. The summed E-state index contributed by atoms with van der Waals surface area (Å²) >= 11 is 0. The van der Waals surface area contributed by atoms with Crippen molar-refractivity contribution < 1.29 is 66.3 Å². The van der Waals surface area contributed by atoms with E-state index in [1.165, 1.54) is 56.3 Å². The van der Waals surface area contributed by atoms with Gasteiger partial charge in [0.1, 0.15) is 5.82 Å². The molecule has 6 rings (SSSR count). The van der Waals surface area contributed by atoms with Crippen molar-refractivity contribution in [2.75, 3.05) is 38.7 Å². The van der Waals surface area contributed by atoms with Gasteiger partial charge in [-0.1, -0.05) is 24.3 Å². The second-order valence-electron chi connectivity index (χ2n) is 10.5. The van der Waals surface area contributed by atoms with E-state index in [0.29, 0.717) is 6.10 Å². The van der Waals surface area contributed by atoms with Crippen LogP contribution in [-0.4, -0.2) is 54.4 Å². The third kappa shape index (κ3) is 9.36. The maximum atomic E-state index is 8.70. The van der Waals surface area contributed by atoms with Crippen LogP contribution in [0.25, 0.3) is 0 Å². The molecule has 2 aromatic rings. The van der Waals surface area contributed by atoms with Gasteiger partial charge in [0.25, 0.3) is 0 Å². The average molecular weight is 534 g/mol. The number of ether oxygens (including phenoxy) is 1. The summed E-state index contributed by atoms with van der Waals surface area (Å²) in [6, 6.07) is 11.1. The first-order chi connectivity index (χ1) is 17.8. The fourth-order valence-corrected chi connectivity index (χ4v) is 5.57. The van der Waals surface area contributed by atoms with Crippen molar-refractivity contribution >= 4 is 5.82 Å². The number of unbranched alkanes of at least 4 members (excludes halogenated alkanes) is 1. The summed E-state index contributed by atoms with van der Waals surface area (Å²) in [5.74, 6) is 1.93. The minimum absolute atomic E-state index is 0. The number of aromatic nitrogens is 1. The van der Waals surface area contributed by atoms with Crippen molar-refractivity contribution in [3.05, 3.63) is 58.3 Å². The first-order valence-corrected chi connectivity index (χ1v) is 14.0. The second-order valence-corrected chi connectivity index (χ2v) is 10.5. The summed E-state index contributed by atoms with van der Waals surface area (Å²) in [4.78, 5) is 7.20. The van der Waals surface area contributed by atoms with Gasteiger partial charge in [0.15, 0.2) is 0 Å². The van der Waals surface area contributed by atoms with Crippen LogP contribution in [0.1, 0.15) is 72.9 Å². The Kier molecular flexibility index (Phi) is 14.1. The molecule has 1 aliphatic carbocycles. The van der Waals surface area contributed by atoms with Crippen LogP contribution in [0.4, 0.5) is 5.82 Å². The number of likely N-dealkylation sites (tertiary alicyclic amines) is 1. The van der Waals surface area contributed by atoms with Crippen molar-refractivity contribution in [3.8, 4) is 0 Å². The Labute approximate surface area is 266 Å².